The number of aromatic nitrogens is 2. The number of carbonyl (C=O) groups is 1. The first-order valence-corrected chi connectivity index (χ1v) is 8.70. The van der Waals surface area contributed by atoms with E-state index in [9.17, 15) is 4.79 Å². The van der Waals surface area contributed by atoms with Crippen molar-refractivity contribution < 1.29 is 19.0 Å². The largest absolute Gasteiger partial charge is 0.497 e. The molecule has 0 bridgehead atoms. The Hall–Kier alpha value is -3.13. The van der Waals surface area contributed by atoms with Crippen LogP contribution in [0.25, 0.3) is 11.3 Å². The van der Waals surface area contributed by atoms with Gasteiger partial charge in [0.1, 0.15) is 29.5 Å². The molecule has 0 radical (unpaired) electrons. The molecule has 1 N–H and O–H groups in total. The third kappa shape index (κ3) is 3.18. The van der Waals surface area contributed by atoms with Crippen LogP contribution in [0.3, 0.4) is 0 Å². The Balaban J connectivity index is 1.59. The van der Waals surface area contributed by atoms with Crippen molar-refractivity contribution in [3.05, 3.63) is 47.3 Å². The zero-order valence-corrected chi connectivity index (χ0v) is 14.7. The quantitative estimate of drug-likeness (QED) is 0.760. The van der Waals surface area contributed by atoms with Crippen molar-refractivity contribution in [3.63, 3.8) is 0 Å². The molecule has 7 nitrogen and oxygen atoms in total. The van der Waals surface area contributed by atoms with Gasteiger partial charge < -0.3 is 19.5 Å². The number of carbonyl (C=O) groups excluding carboxylic acids is 1. The smallest absolute Gasteiger partial charge is 0.269 e. The highest BCUT2D eigenvalue weighted by atomic mass is 32.1. The van der Waals surface area contributed by atoms with Crippen LogP contribution in [0.5, 0.6) is 17.2 Å². The number of hydrogen-bond donors (Lipinski definition) is 1. The van der Waals surface area contributed by atoms with Crippen molar-refractivity contribution in [2.75, 3.05) is 25.6 Å². The third-order valence-corrected chi connectivity index (χ3v) is 4.56. The van der Waals surface area contributed by atoms with Crippen LogP contribution in [-0.4, -0.2) is 35.8 Å². The van der Waals surface area contributed by atoms with E-state index in [1.54, 1.807) is 25.3 Å². The molecule has 0 atom stereocenters. The summed E-state index contributed by atoms with van der Waals surface area (Å²) in [5.74, 6) is 1.69. The number of benzene rings is 2. The number of anilines is 1. The van der Waals surface area contributed by atoms with E-state index < -0.39 is 0 Å². The minimum absolute atomic E-state index is 0.283. The summed E-state index contributed by atoms with van der Waals surface area (Å²) >= 11 is 1.04. The van der Waals surface area contributed by atoms with Gasteiger partial charge in [-0.05, 0) is 35.8 Å². The Bertz CT molecular complexity index is 957. The predicted molar refractivity (Wildman–Crippen MR) is 97.3 cm³/mol. The van der Waals surface area contributed by atoms with E-state index in [1.165, 1.54) is 0 Å². The van der Waals surface area contributed by atoms with Gasteiger partial charge in [-0.3, -0.25) is 4.79 Å². The monoisotopic (exact) mass is 369 g/mol. The maximum absolute atomic E-state index is 12.7. The van der Waals surface area contributed by atoms with E-state index in [-0.39, 0.29) is 5.91 Å². The van der Waals surface area contributed by atoms with Crippen molar-refractivity contribution in [2.24, 2.45) is 0 Å². The van der Waals surface area contributed by atoms with Crippen LogP contribution in [0, 0.1) is 0 Å². The Morgan fingerprint density at radius 3 is 2.85 bits per heavy atom. The second-order valence-electron chi connectivity index (χ2n) is 5.50. The van der Waals surface area contributed by atoms with E-state index in [1.807, 2.05) is 24.3 Å². The molecule has 1 amide bonds. The number of amides is 1. The average molecular weight is 369 g/mol. The number of methoxy groups -OCH3 is 1. The number of nitrogens with zero attached hydrogens (tertiary/aromatic N) is 2. The predicted octanol–water partition coefficient (Wildman–Crippen LogP) is 3.24. The molecule has 2 aromatic carbocycles. The van der Waals surface area contributed by atoms with Crippen molar-refractivity contribution >= 4 is 23.1 Å². The molecule has 3 aromatic rings. The van der Waals surface area contributed by atoms with Crippen LogP contribution in [0.1, 0.15) is 9.67 Å². The van der Waals surface area contributed by atoms with E-state index in [2.05, 4.69) is 14.9 Å². The van der Waals surface area contributed by atoms with Gasteiger partial charge in [0.05, 0.1) is 7.11 Å². The molecule has 8 heteroatoms. The van der Waals surface area contributed by atoms with Crippen LogP contribution < -0.4 is 19.5 Å². The highest BCUT2D eigenvalue weighted by molar-refractivity contribution is 7.08. The maximum atomic E-state index is 12.7. The van der Waals surface area contributed by atoms with Crippen LogP contribution in [0.15, 0.2) is 42.5 Å². The first kappa shape index (κ1) is 16.3. The summed E-state index contributed by atoms with van der Waals surface area (Å²) in [6.45, 7) is 1.01. The molecule has 0 saturated carbocycles. The van der Waals surface area contributed by atoms with Crippen molar-refractivity contribution in [1.82, 2.24) is 9.59 Å². The summed E-state index contributed by atoms with van der Waals surface area (Å²) in [5, 5.41) is 6.96. The van der Waals surface area contributed by atoms with Crippen molar-refractivity contribution in [1.29, 1.82) is 0 Å². The molecule has 0 unspecified atom stereocenters. The highest BCUT2D eigenvalue weighted by Gasteiger charge is 2.19. The van der Waals surface area contributed by atoms with E-state index in [4.69, 9.17) is 14.2 Å². The van der Waals surface area contributed by atoms with Crippen LogP contribution in [0.2, 0.25) is 0 Å². The van der Waals surface area contributed by atoms with Crippen LogP contribution in [0.4, 0.5) is 5.69 Å². The maximum Gasteiger partial charge on any atom is 0.269 e. The van der Waals surface area contributed by atoms with Gasteiger partial charge in [-0.25, -0.2) is 0 Å². The van der Waals surface area contributed by atoms with Crippen LogP contribution in [-0.2, 0) is 0 Å². The fourth-order valence-electron chi connectivity index (χ4n) is 2.61. The number of hydrogen-bond acceptors (Lipinski definition) is 7. The molecule has 1 aromatic heterocycles. The Kier molecular flexibility index (Phi) is 4.40. The SMILES string of the molecule is COc1cccc(-c2nnsc2C(=O)Nc2ccc3c(c2)OCCO3)c1. The lowest BCUT2D eigenvalue weighted by Gasteiger charge is -2.18. The second kappa shape index (κ2) is 7.01. The lowest BCUT2D eigenvalue weighted by atomic mass is 10.1. The van der Waals surface area contributed by atoms with Crippen LogP contribution >= 0.6 is 11.5 Å². The first-order chi connectivity index (χ1) is 12.7. The molecule has 4 rings (SSSR count). The van der Waals surface area contributed by atoms with Crippen molar-refractivity contribution in [2.45, 2.75) is 0 Å². The van der Waals surface area contributed by atoms with Gasteiger partial charge in [0.25, 0.3) is 5.91 Å². The van der Waals surface area contributed by atoms with Crippen molar-refractivity contribution in [3.8, 4) is 28.5 Å². The number of fused-ring (bicyclic) bond motifs is 1. The molecule has 0 saturated heterocycles. The average Bonchev–Trinajstić information content (AvgIpc) is 3.18. The molecule has 26 heavy (non-hydrogen) atoms. The van der Waals surface area contributed by atoms with Gasteiger partial charge in [-0.15, -0.1) is 5.10 Å². The fourth-order valence-corrected chi connectivity index (χ4v) is 3.19. The summed E-state index contributed by atoms with van der Waals surface area (Å²) in [6, 6.07) is 12.6. The summed E-state index contributed by atoms with van der Waals surface area (Å²) in [6.07, 6.45) is 0. The summed E-state index contributed by atoms with van der Waals surface area (Å²) in [7, 11) is 1.59. The second-order valence-corrected chi connectivity index (χ2v) is 6.25. The first-order valence-electron chi connectivity index (χ1n) is 7.92. The van der Waals surface area contributed by atoms with Gasteiger partial charge in [0.2, 0.25) is 0 Å². The van der Waals surface area contributed by atoms with Gasteiger partial charge in [-0.2, -0.15) is 0 Å². The molecule has 0 fully saturated rings. The van der Waals surface area contributed by atoms with E-state index >= 15 is 0 Å². The third-order valence-electron chi connectivity index (χ3n) is 3.84. The normalized spacial score (nSPS) is 12.5. The summed E-state index contributed by atoms with van der Waals surface area (Å²) in [4.78, 5) is 13.1. The minimum atomic E-state index is -0.283. The highest BCUT2D eigenvalue weighted by Crippen LogP contribution is 2.33. The van der Waals surface area contributed by atoms with E-state index in [0.717, 1.165) is 17.1 Å². The molecule has 2 heterocycles. The van der Waals surface area contributed by atoms with Gasteiger partial charge >= 0.3 is 0 Å². The number of nitrogens with one attached hydrogen (secondary N) is 1. The standard InChI is InChI=1S/C18H15N3O4S/c1-23-13-4-2-3-11(9-13)16-17(26-21-20-16)18(22)19-12-5-6-14-15(10-12)25-8-7-24-14/h2-6,9-10H,7-8H2,1H3,(H,19,22). The lowest BCUT2D eigenvalue weighted by molar-refractivity contribution is 0.103. The van der Waals surface area contributed by atoms with E-state index in [0.29, 0.717) is 46.7 Å². The van der Waals surface area contributed by atoms with Gasteiger partial charge in [0.15, 0.2) is 11.5 Å². The Morgan fingerprint density at radius 2 is 2.00 bits per heavy atom. The number of ether oxygens (including phenoxy) is 3. The molecule has 1 aliphatic rings. The molecule has 132 valence electrons. The zero-order valence-electron chi connectivity index (χ0n) is 13.9. The fraction of sp³-hybridized carbons (Fsp3) is 0.167. The van der Waals surface area contributed by atoms with Gasteiger partial charge in [-0.1, -0.05) is 16.6 Å². The topological polar surface area (TPSA) is 82.6 Å². The Morgan fingerprint density at radius 1 is 1.15 bits per heavy atom. The molecule has 0 aliphatic carbocycles. The van der Waals surface area contributed by atoms with Gasteiger partial charge in [0, 0.05) is 17.3 Å². The minimum Gasteiger partial charge on any atom is -0.497 e. The molecular formula is C18H15N3O4S. The Labute approximate surface area is 153 Å². The molecule has 1 aliphatic heterocycles. The number of rotatable bonds is 4. The zero-order chi connectivity index (χ0) is 17.9. The summed E-state index contributed by atoms with van der Waals surface area (Å²) < 4.78 is 20.2. The molecular weight excluding hydrogens is 354 g/mol. The lowest BCUT2D eigenvalue weighted by Crippen LogP contribution is -2.16. The summed E-state index contributed by atoms with van der Waals surface area (Å²) in [5.41, 5.74) is 1.90. The molecule has 0 spiro atoms.